The van der Waals surface area contributed by atoms with Crippen LogP contribution < -0.4 is 0 Å². The van der Waals surface area contributed by atoms with Crippen molar-refractivity contribution in [2.24, 2.45) is 0 Å². The molecule has 0 amide bonds. The zero-order chi connectivity index (χ0) is 10.8. The van der Waals surface area contributed by atoms with Gasteiger partial charge in [0.25, 0.3) is 0 Å². The number of carboxylic acids is 1. The lowest BCUT2D eigenvalue weighted by Gasteiger charge is -1.97. The van der Waals surface area contributed by atoms with E-state index >= 15 is 0 Å². The largest absolute Gasteiger partial charge is 0.481 e. The van der Waals surface area contributed by atoms with Crippen LogP contribution in [0.1, 0.15) is 17.0 Å². The minimum atomic E-state index is -0.760. The van der Waals surface area contributed by atoms with E-state index in [-0.39, 0.29) is 6.42 Å². The van der Waals surface area contributed by atoms with E-state index in [1.807, 2.05) is 25.1 Å². The fraction of sp³-hybridized carbons (Fsp3) is 0.273. The van der Waals surface area contributed by atoms with Crippen molar-refractivity contribution < 1.29 is 9.90 Å². The second kappa shape index (κ2) is 3.98. The van der Waals surface area contributed by atoms with E-state index in [0.717, 1.165) is 20.8 Å². The van der Waals surface area contributed by atoms with E-state index in [4.69, 9.17) is 5.11 Å². The van der Waals surface area contributed by atoms with Gasteiger partial charge in [-0.05, 0) is 31.0 Å². The molecule has 1 N–H and O–H groups in total. The van der Waals surface area contributed by atoms with E-state index in [2.05, 4.69) is 4.98 Å². The van der Waals surface area contributed by atoms with Gasteiger partial charge in [-0.25, -0.2) is 4.98 Å². The maximum atomic E-state index is 10.4. The quantitative estimate of drug-likeness (QED) is 0.866. The number of thiazole rings is 1. The van der Waals surface area contributed by atoms with Gasteiger partial charge in [0.1, 0.15) is 0 Å². The summed E-state index contributed by atoms with van der Waals surface area (Å²) in [6, 6.07) is 5.96. The minimum absolute atomic E-state index is 0.175. The number of rotatable bonds is 3. The summed E-state index contributed by atoms with van der Waals surface area (Å²) in [6.07, 6.45) is 0.747. The molecule has 0 saturated heterocycles. The smallest absolute Gasteiger partial charge is 0.303 e. The fourth-order valence-electron chi connectivity index (χ4n) is 1.49. The van der Waals surface area contributed by atoms with Crippen molar-refractivity contribution in [3.63, 3.8) is 0 Å². The summed E-state index contributed by atoms with van der Waals surface area (Å²) >= 11 is 1.66. The summed E-state index contributed by atoms with van der Waals surface area (Å²) in [5.41, 5.74) is 2.01. The van der Waals surface area contributed by atoms with Crippen LogP contribution in [-0.2, 0) is 11.2 Å². The maximum absolute atomic E-state index is 10.4. The Balaban J connectivity index is 2.26. The van der Waals surface area contributed by atoms with Gasteiger partial charge in [0.2, 0.25) is 0 Å². The Morgan fingerprint density at radius 3 is 3.07 bits per heavy atom. The van der Waals surface area contributed by atoms with Crippen molar-refractivity contribution in [2.75, 3.05) is 0 Å². The molecule has 3 nitrogen and oxygen atoms in total. The van der Waals surface area contributed by atoms with Crippen molar-refractivity contribution in [3.05, 3.63) is 28.8 Å². The van der Waals surface area contributed by atoms with Crippen molar-refractivity contribution >= 4 is 27.5 Å². The Morgan fingerprint density at radius 2 is 2.33 bits per heavy atom. The molecule has 1 heterocycles. The lowest BCUT2D eigenvalue weighted by Crippen LogP contribution is -1.97. The number of aryl methyl sites for hydroxylation is 2. The number of fused-ring (bicyclic) bond motifs is 1. The second-order valence-electron chi connectivity index (χ2n) is 3.43. The molecule has 0 fully saturated rings. The number of aliphatic carboxylic acids is 1. The summed E-state index contributed by atoms with van der Waals surface area (Å²) in [5.74, 6) is -0.760. The summed E-state index contributed by atoms with van der Waals surface area (Å²) in [6.45, 7) is 1.97. The molecule has 0 spiro atoms. The lowest BCUT2D eigenvalue weighted by molar-refractivity contribution is -0.136. The van der Waals surface area contributed by atoms with E-state index in [1.54, 1.807) is 11.3 Å². The Morgan fingerprint density at radius 1 is 1.53 bits per heavy atom. The molecule has 2 aromatic rings. The predicted molar refractivity (Wildman–Crippen MR) is 60.3 cm³/mol. The zero-order valence-corrected chi connectivity index (χ0v) is 9.17. The first-order chi connectivity index (χ1) is 7.15. The van der Waals surface area contributed by atoms with Gasteiger partial charge in [-0.1, -0.05) is 6.07 Å². The van der Waals surface area contributed by atoms with Crippen molar-refractivity contribution in [2.45, 2.75) is 19.8 Å². The highest BCUT2D eigenvalue weighted by molar-refractivity contribution is 7.18. The number of carbonyl (C=O) groups is 1. The molecule has 15 heavy (non-hydrogen) atoms. The molecule has 0 aliphatic carbocycles. The monoisotopic (exact) mass is 221 g/mol. The predicted octanol–water partition coefficient (Wildman–Crippen LogP) is 2.62. The average molecular weight is 221 g/mol. The summed E-state index contributed by atoms with van der Waals surface area (Å²) in [4.78, 5) is 14.8. The number of benzene rings is 1. The van der Waals surface area contributed by atoms with Gasteiger partial charge in [0, 0.05) is 6.42 Å². The van der Waals surface area contributed by atoms with Gasteiger partial charge < -0.3 is 5.11 Å². The van der Waals surface area contributed by atoms with Crippen LogP contribution in [-0.4, -0.2) is 16.1 Å². The molecule has 0 aliphatic heterocycles. The van der Waals surface area contributed by atoms with Crippen LogP contribution in [0.15, 0.2) is 18.2 Å². The Hall–Kier alpha value is -1.42. The summed E-state index contributed by atoms with van der Waals surface area (Å²) < 4.78 is 1.16. The van der Waals surface area contributed by atoms with E-state index in [0.29, 0.717) is 6.42 Å². The first-order valence-electron chi connectivity index (χ1n) is 4.73. The fourth-order valence-corrected chi connectivity index (χ4v) is 2.30. The van der Waals surface area contributed by atoms with Gasteiger partial charge in [-0.15, -0.1) is 11.3 Å². The first-order valence-corrected chi connectivity index (χ1v) is 5.54. The zero-order valence-electron chi connectivity index (χ0n) is 8.36. The first kappa shape index (κ1) is 10.1. The van der Waals surface area contributed by atoms with Gasteiger partial charge in [0.15, 0.2) is 0 Å². The average Bonchev–Trinajstić information content (AvgIpc) is 2.53. The molecule has 1 aromatic heterocycles. The van der Waals surface area contributed by atoms with E-state index in [9.17, 15) is 4.79 Å². The molecule has 0 radical (unpaired) electrons. The number of hydrogen-bond acceptors (Lipinski definition) is 3. The normalized spacial score (nSPS) is 10.7. The number of nitrogens with zero attached hydrogens (tertiary/aromatic N) is 1. The maximum Gasteiger partial charge on any atom is 0.303 e. The number of aromatic nitrogens is 1. The number of carboxylic acid groups (broad SMARTS) is 1. The van der Waals surface area contributed by atoms with Crippen LogP contribution in [0.5, 0.6) is 0 Å². The standard InChI is InChI=1S/C11H11NO2S/c1-7-12-9-6-8(3-5-11(13)14)2-4-10(9)15-7/h2,4,6H,3,5H2,1H3,(H,13,14). The molecule has 0 bridgehead atoms. The molecule has 0 unspecified atom stereocenters. The highest BCUT2D eigenvalue weighted by Crippen LogP contribution is 2.22. The van der Waals surface area contributed by atoms with Crippen LogP contribution in [0.4, 0.5) is 0 Å². The van der Waals surface area contributed by atoms with Crippen LogP contribution in [0, 0.1) is 6.92 Å². The van der Waals surface area contributed by atoms with Gasteiger partial charge >= 0.3 is 5.97 Å². The van der Waals surface area contributed by atoms with Gasteiger partial charge in [-0.2, -0.15) is 0 Å². The molecule has 4 heteroatoms. The molecular formula is C11H11NO2S. The summed E-state index contributed by atoms with van der Waals surface area (Å²) in [7, 11) is 0. The molecule has 78 valence electrons. The van der Waals surface area contributed by atoms with Crippen molar-refractivity contribution in [3.8, 4) is 0 Å². The Bertz CT molecular complexity index is 504. The Kier molecular flexibility index (Phi) is 2.68. The van der Waals surface area contributed by atoms with Crippen molar-refractivity contribution in [1.29, 1.82) is 0 Å². The number of hydrogen-bond donors (Lipinski definition) is 1. The topological polar surface area (TPSA) is 50.2 Å². The van der Waals surface area contributed by atoms with Crippen molar-refractivity contribution in [1.82, 2.24) is 4.98 Å². The lowest BCUT2D eigenvalue weighted by atomic mass is 10.1. The third-order valence-electron chi connectivity index (χ3n) is 2.19. The highest BCUT2D eigenvalue weighted by atomic mass is 32.1. The third-order valence-corrected chi connectivity index (χ3v) is 3.14. The second-order valence-corrected chi connectivity index (χ2v) is 4.66. The van der Waals surface area contributed by atoms with Crippen LogP contribution in [0.2, 0.25) is 0 Å². The molecular weight excluding hydrogens is 210 g/mol. The van der Waals surface area contributed by atoms with Gasteiger partial charge in [0.05, 0.1) is 15.2 Å². The van der Waals surface area contributed by atoms with Crippen LogP contribution in [0.25, 0.3) is 10.2 Å². The van der Waals surface area contributed by atoms with Gasteiger partial charge in [-0.3, -0.25) is 4.79 Å². The van der Waals surface area contributed by atoms with Crippen LogP contribution >= 0.6 is 11.3 Å². The Labute approximate surface area is 91.4 Å². The molecule has 2 rings (SSSR count). The SMILES string of the molecule is Cc1nc2cc(CCC(=O)O)ccc2s1. The third kappa shape index (κ3) is 2.33. The summed E-state index contributed by atoms with van der Waals surface area (Å²) in [5, 5.41) is 9.62. The van der Waals surface area contributed by atoms with E-state index in [1.165, 1.54) is 0 Å². The molecule has 0 aliphatic rings. The van der Waals surface area contributed by atoms with E-state index < -0.39 is 5.97 Å². The molecule has 1 aromatic carbocycles. The molecule has 0 saturated carbocycles. The molecule has 0 atom stereocenters. The minimum Gasteiger partial charge on any atom is -0.481 e. The van der Waals surface area contributed by atoms with Crippen LogP contribution in [0.3, 0.4) is 0 Å². The highest BCUT2D eigenvalue weighted by Gasteiger charge is 2.03.